The Labute approximate surface area is 354 Å². The highest BCUT2D eigenvalue weighted by Crippen LogP contribution is 2.47. The summed E-state index contributed by atoms with van der Waals surface area (Å²) < 4.78 is 15.3. The highest BCUT2D eigenvalue weighted by molar-refractivity contribution is 7.25. The second-order valence-corrected chi connectivity index (χ2v) is 16.8. The molecular weight excluding hydrogens is 765 g/mol. The lowest BCUT2D eigenvalue weighted by molar-refractivity contribution is 0.668. The molecule has 0 aliphatic heterocycles. The number of nitrogens with zero attached hydrogens (tertiary/aromatic N) is 2. The first-order valence-electron chi connectivity index (χ1n) is 20.6. The molecule has 286 valence electrons. The molecule has 3 aromatic heterocycles. The van der Waals surface area contributed by atoms with Crippen LogP contribution < -0.4 is 9.80 Å². The van der Waals surface area contributed by atoms with Gasteiger partial charge in [-0.25, -0.2) is 0 Å². The monoisotopic (exact) mass is 798 g/mol. The van der Waals surface area contributed by atoms with Crippen molar-refractivity contribution in [2.45, 2.75) is 0 Å². The maximum absolute atomic E-state index is 6.43. The molecule has 0 unspecified atom stereocenters. The summed E-state index contributed by atoms with van der Waals surface area (Å²) in [7, 11) is 0. The third kappa shape index (κ3) is 5.38. The van der Waals surface area contributed by atoms with E-state index in [9.17, 15) is 0 Å². The van der Waals surface area contributed by atoms with Crippen molar-refractivity contribution in [2.75, 3.05) is 9.80 Å². The Morgan fingerprint density at radius 2 is 0.639 bits per heavy atom. The normalized spacial score (nSPS) is 11.9. The van der Waals surface area contributed by atoms with Gasteiger partial charge in [-0.2, -0.15) is 0 Å². The van der Waals surface area contributed by atoms with Crippen LogP contribution in [0, 0.1) is 0 Å². The smallest absolute Gasteiger partial charge is 0.137 e. The molecule has 0 bridgehead atoms. The SMILES string of the molecule is c1ccc2c(N(c3ccc4c(c3)oc3ccccc34)c3ccc4c(c3)sc3cc(N(c5ccc6c(c5)oc5ccccc56)c5cccc6ccccc56)ccc34)cccc2c1. The Balaban J connectivity index is 0.981. The maximum atomic E-state index is 6.43. The Morgan fingerprint density at radius 1 is 0.279 bits per heavy atom. The average Bonchev–Trinajstić information content (AvgIpc) is 3.99. The van der Waals surface area contributed by atoms with Crippen molar-refractivity contribution in [2.24, 2.45) is 0 Å². The van der Waals surface area contributed by atoms with Gasteiger partial charge in [-0.3, -0.25) is 0 Å². The summed E-state index contributed by atoms with van der Waals surface area (Å²) >= 11 is 1.83. The van der Waals surface area contributed by atoms with Gasteiger partial charge in [0.05, 0.1) is 11.4 Å². The average molecular weight is 799 g/mol. The zero-order chi connectivity index (χ0) is 40.0. The van der Waals surface area contributed by atoms with Gasteiger partial charge in [-0.05, 0) is 83.6 Å². The number of para-hydroxylation sites is 2. The molecule has 0 fully saturated rings. The van der Waals surface area contributed by atoms with Gasteiger partial charge < -0.3 is 18.6 Å². The van der Waals surface area contributed by atoms with E-state index in [0.29, 0.717) is 0 Å². The Kier molecular flexibility index (Phi) is 7.44. The van der Waals surface area contributed by atoms with Crippen LogP contribution in [-0.2, 0) is 0 Å². The van der Waals surface area contributed by atoms with E-state index in [4.69, 9.17) is 8.83 Å². The summed E-state index contributed by atoms with van der Waals surface area (Å²) in [6.07, 6.45) is 0. The van der Waals surface area contributed by atoms with E-state index in [1.165, 1.54) is 41.7 Å². The van der Waals surface area contributed by atoms with Crippen molar-refractivity contribution in [1.82, 2.24) is 0 Å². The van der Waals surface area contributed by atoms with E-state index < -0.39 is 0 Å². The molecule has 0 radical (unpaired) electrons. The Bertz CT molecular complexity index is 3610. The number of thiophene rings is 1. The number of hydrogen-bond donors (Lipinski definition) is 0. The highest BCUT2D eigenvalue weighted by Gasteiger charge is 2.21. The van der Waals surface area contributed by atoms with Gasteiger partial charge in [-0.1, -0.05) is 121 Å². The molecule has 5 heteroatoms. The Hall–Kier alpha value is -7.86. The third-order valence-corrected chi connectivity index (χ3v) is 13.3. The van der Waals surface area contributed by atoms with Gasteiger partial charge in [0.2, 0.25) is 0 Å². The molecule has 0 aliphatic rings. The summed E-state index contributed by atoms with van der Waals surface area (Å²) in [6.45, 7) is 0. The minimum absolute atomic E-state index is 0.870. The van der Waals surface area contributed by atoms with Crippen molar-refractivity contribution in [3.05, 3.63) is 206 Å². The summed E-state index contributed by atoms with van der Waals surface area (Å²) in [5, 5.41) is 11.7. The molecule has 13 aromatic rings. The van der Waals surface area contributed by atoms with Crippen LogP contribution in [0.4, 0.5) is 34.1 Å². The van der Waals surface area contributed by atoms with Crippen molar-refractivity contribution in [3.63, 3.8) is 0 Å². The molecule has 0 saturated heterocycles. The molecule has 0 saturated carbocycles. The van der Waals surface area contributed by atoms with Crippen molar-refractivity contribution in [1.29, 1.82) is 0 Å². The van der Waals surface area contributed by atoms with E-state index in [1.54, 1.807) is 0 Å². The van der Waals surface area contributed by atoms with Gasteiger partial charge >= 0.3 is 0 Å². The van der Waals surface area contributed by atoms with Crippen molar-refractivity contribution in [3.8, 4) is 0 Å². The molecule has 61 heavy (non-hydrogen) atoms. The van der Waals surface area contributed by atoms with Gasteiger partial charge in [-0.15, -0.1) is 11.3 Å². The minimum Gasteiger partial charge on any atom is -0.456 e. The third-order valence-electron chi connectivity index (χ3n) is 12.2. The van der Waals surface area contributed by atoms with Crippen LogP contribution in [0.2, 0.25) is 0 Å². The predicted octanol–water partition coefficient (Wildman–Crippen LogP) is 17.1. The molecular formula is C56H34N2O2S. The lowest BCUT2D eigenvalue weighted by Crippen LogP contribution is -2.10. The molecule has 0 spiro atoms. The highest BCUT2D eigenvalue weighted by atomic mass is 32.1. The molecule has 0 amide bonds. The van der Waals surface area contributed by atoms with Gasteiger partial charge in [0.25, 0.3) is 0 Å². The summed E-state index contributed by atoms with van der Waals surface area (Å²) in [5.74, 6) is 0. The molecule has 4 nitrogen and oxygen atoms in total. The van der Waals surface area contributed by atoms with Crippen LogP contribution in [0.5, 0.6) is 0 Å². The zero-order valence-electron chi connectivity index (χ0n) is 32.7. The fraction of sp³-hybridized carbons (Fsp3) is 0. The lowest BCUT2D eigenvalue weighted by atomic mass is 10.0. The van der Waals surface area contributed by atoms with Gasteiger partial charge in [0.15, 0.2) is 0 Å². The largest absolute Gasteiger partial charge is 0.456 e. The van der Waals surface area contributed by atoms with Crippen LogP contribution in [0.25, 0.3) is 85.6 Å². The summed E-state index contributed by atoms with van der Waals surface area (Å²) in [5.41, 5.74) is 10.0. The van der Waals surface area contributed by atoms with Crippen LogP contribution >= 0.6 is 11.3 Å². The van der Waals surface area contributed by atoms with Crippen LogP contribution in [0.15, 0.2) is 215 Å². The Morgan fingerprint density at radius 3 is 1.11 bits per heavy atom. The quantitative estimate of drug-likeness (QED) is 0.168. The second-order valence-electron chi connectivity index (χ2n) is 15.7. The number of benzene rings is 10. The van der Waals surface area contributed by atoms with E-state index in [0.717, 1.165) is 78.0 Å². The number of fused-ring (bicyclic) bond motifs is 11. The topological polar surface area (TPSA) is 32.8 Å². The summed E-state index contributed by atoms with van der Waals surface area (Å²) in [4.78, 5) is 4.75. The first-order chi connectivity index (χ1) is 30.2. The number of hydrogen-bond acceptors (Lipinski definition) is 5. The second kappa shape index (κ2) is 13.3. The molecule has 10 aromatic carbocycles. The first kappa shape index (κ1) is 34.0. The first-order valence-corrected chi connectivity index (χ1v) is 21.4. The lowest BCUT2D eigenvalue weighted by Gasteiger charge is -2.27. The fourth-order valence-electron chi connectivity index (χ4n) is 9.40. The molecule has 3 heterocycles. The van der Waals surface area contributed by atoms with Crippen molar-refractivity contribution < 1.29 is 8.83 Å². The molecule has 13 rings (SSSR count). The van der Waals surface area contributed by atoms with Gasteiger partial charge in [0, 0.05) is 87.4 Å². The molecule has 0 N–H and O–H groups in total. The van der Waals surface area contributed by atoms with Crippen LogP contribution in [0.1, 0.15) is 0 Å². The molecule has 0 atom stereocenters. The molecule has 0 aliphatic carbocycles. The zero-order valence-corrected chi connectivity index (χ0v) is 33.6. The minimum atomic E-state index is 0.870. The van der Waals surface area contributed by atoms with E-state index >= 15 is 0 Å². The number of anilines is 6. The number of rotatable bonds is 6. The van der Waals surface area contributed by atoms with Gasteiger partial charge in [0.1, 0.15) is 22.3 Å². The van der Waals surface area contributed by atoms with E-state index in [2.05, 4.69) is 192 Å². The summed E-state index contributed by atoms with van der Waals surface area (Å²) in [6, 6.07) is 73.9. The van der Waals surface area contributed by atoms with Crippen LogP contribution in [0.3, 0.4) is 0 Å². The van der Waals surface area contributed by atoms with Crippen molar-refractivity contribution >= 4 is 131 Å². The standard InChI is InChI=1S/C56H34N2O2S/c1-3-15-41-35(11-1)13-9-19-49(41)57(37-23-27-45-43-17-5-7-21-51(43)59-53(45)31-37)39-25-29-47-48-30-26-40(34-56(48)61-55(47)33-39)58(50-20-10-14-36-12-2-4-16-42(36)50)38-24-28-46-44-18-6-8-22-52(44)60-54(46)32-38/h1-34H. The van der Waals surface area contributed by atoms with E-state index in [-0.39, 0.29) is 0 Å². The van der Waals surface area contributed by atoms with E-state index in [1.807, 2.05) is 35.6 Å². The fourth-order valence-corrected chi connectivity index (χ4v) is 10.6. The number of furan rings is 2. The predicted molar refractivity (Wildman–Crippen MR) is 258 cm³/mol. The maximum Gasteiger partial charge on any atom is 0.137 e. The van der Waals surface area contributed by atoms with Crippen LogP contribution in [-0.4, -0.2) is 0 Å².